The van der Waals surface area contributed by atoms with Gasteiger partial charge in [0.15, 0.2) is 5.78 Å². The summed E-state index contributed by atoms with van der Waals surface area (Å²) in [6, 6.07) is 10.9. The molecule has 2 N–H and O–H groups in total. The molecule has 1 heterocycles. The topological polar surface area (TPSA) is 139 Å². The van der Waals surface area contributed by atoms with Gasteiger partial charge in [0.25, 0.3) is 11.6 Å². The summed E-state index contributed by atoms with van der Waals surface area (Å²) in [7, 11) is 0. The Labute approximate surface area is 200 Å². The number of hydrogen-bond acceptors (Lipinski definition) is 7. The number of thioether (sulfide) groups is 1. The maximum absolute atomic E-state index is 13.0. The van der Waals surface area contributed by atoms with E-state index in [0.717, 1.165) is 29.3 Å². The van der Waals surface area contributed by atoms with Crippen molar-refractivity contribution < 1.29 is 24.4 Å². The molecule has 0 aliphatic carbocycles. The molecule has 2 aromatic rings. The molecule has 0 saturated carbocycles. The van der Waals surface area contributed by atoms with Crippen LogP contribution in [0, 0.1) is 10.1 Å². The highest BCUT2D eigenvalue weighted by Gasteiger charge is 2.31. The second-order valence-corrected chi connectivity index (χ2v) is 9.70. The van der Waals surface area contributed by atoms with E-state index in [1.807, 2.05) is 24.3 Å². The molecular weight excluding hydrogens is 458 g/mol. The van der Waals surface area contributed by atoms with E-state index in [2.05, 4.69) is 31.3 Å². The lowest BCUT2D eigenvalue weighted by atomic mass is 9.86. The molecule has 0 saturated heterocycles. The fraction of sp³-hybridized carbons (Fsp3) is 0.250. The van der Waals surface area contributed by atoms with E-state index in [-0.39, 0.29) is 22.5 Å². The van der Waals surface area contributed by atoms with Gasteiger partial charge >= 0.3 is 5.97 Å². The van der Waals surface area contributed by atoms with Crippen LogP contribution < -0.4 is 5.43 Å². The lowest BCUT2D eigenvalue weighted by Gasteiger charge is -2.19. The second kappa shape index (κ2) is 9.60. The highest BCUT2D eigenvalue weighted by molar-refractivity contribution is 8.03. The molecule has 34 heavy (non-hydrogen) atoms. The van der Waals surface area contributed by atoms with Crippen LogP contribution in [0.3, 0.4) is 0 Å². The fourth-order valence-corrected chi connectivity index (χ4v) is 4.44. The summed E-state index contributed by atoms with van der Waals surface area (Å²) in [5.41, 5.74) is 3.60. The van der Waals surface area contributed by atoms with E-state index in [4.69, 9.17) is 5.11 Å². The molecule has 1 aliphatic rings. The van der Waals surface area contributed by atoms with Crippen molar-refractivity contribution in [1.29, 1.82) is 0 Å². The van der Waals surface area contributed by atoms with Gasteiger partial charge in [0.05, 0.1) is 15.9 Å². The fourth-order valence-electron chi connectivity index (χ4n) is 3.31. The number of allylic oxidation sites excluding steroid dienone is 1. The summed E-state index contributed by atoms with van der Waals surface area (Å²) >= 11 is 1.36. The van der Waals surface area contributed by atoms with Crippen molar-refractivity contribution in [3.8, 4) is 0 Å². The Hall–Kier alpha value is -3.79. The number of carbonyl (C=O) groups excluding carboxylic acids is 2. The quantitative estimate of drug-likeness (QED) is 0.348. The zero-order valence-corrected chi connectivity index (χ0v) is 19.8. The number of ketones is 1. The number of Topliss-reactive ketones (excluding diaryl/α,β-unsaturated/α-hetero) is 1. The largest absolute Gasteiger partial charge is 0.477 e. The van der Waals surface area contributed by atoms with Crippen molar-refractivity contribution in [2.45, 2.75) is 38.4 Å². The predicted octanol–water partition coefficient (Wildman–Crippen LogP) is 4.64. The van der Waals surface area contributed by atoms with Gasteiger partial charge in [0, 0.05) is 17.2 Å². The van der Waals surface area contributed by atoms with Crippen LogP contribution in [0.2, 0.25) is 0 Å². The molecule has 0 aromatic heterocycles. The number of benzene rings is 2. The number of aromatic carboxylic acids is 1. The SMILES string of the molecule is C/C(=N\NC(=O)c1ccc(C(=O)O)c([N+](=O)[O-])c1)C1=CSC(c2ccc(C(C)(C)C)cc2)C1=O. The van der Waals surface area contributed by atoms with Crippen molar-refractivity contribution >= 4 is 40.8 Å². The Morgan fingerprint density at radius 1 is 1.15 bits per heavy atom. The molecular formula is C24H23N3O6S. The Balaban J connectivity index is 1.72. The molecule has 9 nitrogen and oxygen atoms in total. The monoisotopic (exact) mass is 481 g/mol. The molecule has 1 aliphatic heterocycles. The van der Waals surface area contributed by atoms with Gasteiger partial charge in [0.2, 0.25) is 0 Å². The molecule has 3 rings (SSSR count). The van der Waals surface area contributed by atoms with Crippen LogP contribution in [-0.4, -0.2) is 33.4 Å². The van der Waals surface area contributed by atoms with Crippen LogP contribution in [0.25, 0.3) is 0 Å². The van der Waals surface area contributed by atoms with Crippen LogP contribution in [0.5, 0.6) is 0 Å². The highest BCUT2D eigenvalue weighted by Crippen LogP contribution is 2.40. The molecule has 0 radical (unpaired) electrons. The molecule has 176 valence electrons. The standard InChI is InChI=1S/C24H23N3O6S/c1-13(25-26-22(29)15-7-10-17(23(30)31)19(11-15)27(32)33)18-12-34-21(20(18)28)14-5-8-16(9-6-14)24(2,3)4/h5-12,21H,1-4H3,(H,26,29)(H,30,31)/b25-13+. The van der Waals surface area contributed by atoms with Crippen LogP contribution >= 0.6 is 11.8 Å². The van der Waals surface area contributed by atoms with E-state index < -0.39 is 33.3 Å². The smallest absolute Gasteiger partial charge is 0.342 e. The van der Waals surface area contributed by atoms with Crippen molar-refractivity contribution in [2.75, 3.05) is 0 Å². The second-order valence-electron chi connectivity index (χ2n) is 8.72. The molecule has 1 unspecified atom stereocenters. The average molecular weight is 482 g/mol. The van der Waals surface area contributed by atoms with E-state index in [1.54, 1.807) is 12.3 Å². The Morgan fingerprint density at radius 2 is 1.79 bits per heavy atom. The third-order valence-electron chi connectivity index (χ3n) is 5.31. The summed E-state index contributed by atoms with van der Waals surface area (Å²) in [4.78, 5) is 46.7. The Kier molecular flexibility index (Phi) is 7.01. The van der Waals surface area contributed by atoms with E-state index in [9.17, 15) is 24.5 Å². The summed E-state index contributed by atoms with van der Waals surface area (Å²) in [5.74, 6) is -2.38. The minimum Gasteiger partial charge on any atom is -0.477 e. The maximum atomic E-state index is 13.0. The number of nitrogens with zero attached hydrogens (tertiary/aromatic N) is 2. The summed E-state index contributed by atoms with van der Waals surface area (Å²) in [6.45, 7) is 7.92. The van der Waals surface area contributed by atoms with Gasteiger partial charge in [0.1, 0.15) is 5.56 Å². The molecule has 1 atom stereocenters. The third-order valence-corrected chi connectivity index (χ3v) is 6.44. The zero-order chi connectivity index (χ0) is 25.2. The molecule has 0 spiro atoms. The number of hydrogen-bond donors (Lipinski definition) is 2. The van der Waals surface area contributed by atoms with Gasteiger partial charge in [-0.3, -0.25) is 19.7 Å². The predicted molar refractivity (Wildman–Crippen MR) is 129 cm³/mol. The molecule has 1 amide bonds. The number of nitro groups is 1. The van der Waals surface area contributed by atoms with Crippen molar-refractivity contribution in [2.24, 2.45) is 5.10 Å². The van der Waals surface area contributed by atoms with E-state index >= 15 is 0 Å². The van der Waals surface area contributed by atoms with Crippen LogP contribution in [0.1, 0.15) is 64.8 Å². The number of carbonyl (C=O) groups is 3. The lowest BCUT2D eigenvalue weighted by molar-refractivity contribution is -0.385. The minimum absolute atomic E-state index is 0.00456. The van der Waals surface area contributed by atoms with E-state index in [1.165, 1.54) is 11.8 Å². The molecule has 0 bridgehead atoms. The number of rotatable bonds is 6. The molecule has 2 aromatic carbocycles. The van der Waals surface area contributed by atoms with Crippen molar-refractivity contribution in [1.82, 2.24) is 5.43 Å². The number of hydrazone groups is 1. The Morgan fingerprint density at radius 3 is 2.35 bits per heavy atom. The van der Waals surface area contributed by atoms with Gasteiger partial charge in [-0.2, -0.15) is 5.10 Å². The number of carboxylic acid groups (broad SMARTS) is 1. The first-order chi connectivity index (χ1) is 15.9. The van der Waals surface area contributed by atoms with Crippen molar-refractivity contribution in [3.63, 3.8) is 0 Å². The number of amides is 1. The van der Waals surface area contributed by atoms with Crippen LogP contribution in [0.4, 0.5) is 5.69 Å². The van der Waals surface area contributed by atoms with Crippen LogP contribution in [0.15, 0.2) is 58.5 Å². The molecule has 0 fully saturated rings. The molecule has 10 heteroatoms. The highest BCUT2D eigenvalue weighted by atomic mass is 32.2. The first-order valence-electron chi connectivity index (χ1n) is 10.3. The summed E-state index contributed by atoms with van der Waals surface area (Å²) in [5, 5.41) is 25.4. The Bertz CT molecular complexity index is 1240. The number of nitrogens with one attached hydrogen (secondary N) is 1. The first-order valence-corrected chi connectivity index (χ1v) is 11.2. The minimum atomic E-state index is -1.47. The first kappa shape index (κ1) is 24.8. The summed E-state index contributed by atoms with van der Waals surface area (Å²) in [6.07, 6.45) is 0. The zero-order valence-electron chi connectivity index (χ0n) is 19.0. The van der Waals surface area contributed by atoms with Crippen molar-refractivity contribution in [3.05, 3.63) is 85.8 Å². The van der Waals surface area contributed by atoms with E-state index in [0.29, 0.717) is 5.57 Å². The number of carboxylic acids is 1. The average Bonchev–Trinajstić information content (AvgIpc) is 3.17. The normalized spacial score (nSPS) is 16.2. The van der Waals surface area contributed by atoms with Gasteiger partial charge < -0.3 is 5.11 Å². The van der Waals surface area contributed by atoms with Gasteiger partial charge in [-0.05, 0) is 41.0 Å². The summed E-state index contributed by atoms with van der Waals surface area (Å²) < 4.78 is 0. The maximum Gasteiger partial charge on any atom is 0.342 e. The number of nitro benzene ring substituents is 1. The van der Waals surface area contributed by atoms with Gasteiger partial charge in [-0.25, -0.2) is 10.2 Å². The van der Waals surface area contributed by atoms with Crippen LogP contribution in [-0.2, 0) is 10.2 Å². The van der Waals surface area contributed by atoms with Gasteiger partial charge in [-0.15, -0.1) is 11.8 Å². The van der Waals surface area contributed by atoms with Gasteiger partial charge in [-0.1, -0.05) is 45.0 Å². The third kappa shape index (κ3) is 5.23. The lowest BCUT2D eigenvalue weighted by Crippen LogP contribution is -2.21.